The second-order valence-corrected chi connectivity index (χ2v) is 10.3. The van der Waals surface area contributed by atoms with Crippen LogP contribution in [-0.2, 0) is 21.4 Å². The van der Waals surface area contributed by atoms with Crippen molar-refractivity contribution in [2.24, 2.45) is 0 Å². The molecule has 0 aliphatic carbocycles. The molecular weight excluding hydrogens is 464 g/mol. The molecule has 3 aromatic rings. The first-order valence-corrected chi connectivity index (χ1v) is 13.3. The predicted octanol–water partition coefficient (Wildman–Crippen LogP) is 4.35. The van der Waals surface area contributed by atoms with Gasteiger partial charge in [-0.25, -0.2) is 8.42 Å². The molecule has 0 aromatic heterocycles. The maximum Gasteiger partial charge on any atom is 0.240 e. The zero-order valence-electron chi connectivity index (χ0n) is 20.3. The van der Waals surface area contributed by atoms with Gasteiger partial charge in [-0.05, 0) is 47.4 Å². The number of hydrogen-bond donors (Lipinski definition) is 1. The summed E-state index contributed by atoms with van der Waals surface area (Å²) >= 11 is 0. The summed E-state index contributed by atoms with van der Waals surface area (Å²) in [5.74, 6) is 1.29. The van der Waals surface area contributed by atoms with Crippen LogP contribution in [0.2, 0.25) is 0 Å². The Bertz CT molecular complexity index is 1200. The number of carbonyl (C=O) groups is 1. The van der Waals surface area contributed by atoms with Crippen molar-refractivity contribution in [3.63, 3.8) is 0 Å². The van der Waals surface area contributed by atoms with E-state index >= 15 is 0 Å². The Labute approximate surface area is 207 Å². The van der Waals surface area contributed by atoms with E-state index in [1.54, 1.807) is 24.3 Å². The van der Waals surface area contributed by atoms with Crippen LogP contribution in [-0.4, -0.2) is 40.3 Å². The van der Waals surface area contributed by atoms with Crippen LogP contribution in [0.4, 0.5) is 5.69 Å². The molecule has 0 atom stereocenters. The van der Waals surface area contributed by atoms with Crippen LogP contribution in [0.15, 0.2) is 78.9 Å². The molecule has 0 spiro atoms. The second kappa shape index (κ2) is 12.3. The third kappa shape index (κ3) is 8.03. The highest BCUT2D eigenvalue weighted by atomic mass is 32.2. The highest BCUT2D eigenvalue weighted by Crippen LogP contribution is 2.25. The van der Waals surface area contributed by atoms with Crippen molar-refractivity contribution in [1.82, 2.24) is 5.32 Å². The molecule has 35 heavy (non-hydrogen) atoms. The van der Waals surface area contributed by atoms with Crippen molar-refractivity contribution in [3.8, 4) is 11.5 Å². The molecule has 8 heteroatoms. The zero-order chi connectivity index (χ0) is 25.3. The van der Waals surface area contributed by atoms with E-state index in [-0.39, 0.29) is 19.7 Å². The molecule has 0 fully saturated rings. The largest absolute Gasteiger partial charge is 0.491 e. The van der Waals surface area contributed by atoms with Crippen molar-refractivity contribution in [2.75, 3.05) is 30.3 Å². The number of hydrogen-bond acceptors (Lipinski definition) is 5. The Morgan fingerprint density at radius 1 is 0.914 bits per heavy atom. The highest BCUT2D eigenvalue weighted by molar-refractivity contribution is 7.92. The van der Waals surface area contributed by atoms with Crippen LogP contribution in [0.1, 0.15) is 30.9 Å². The Balaban J connectivity index is 1.53. The molecule has 7 nitrogen and oxygen atoms in total. The first-order chi connectivity index (χ1) is 16.7. The molecule has 1 N–H and O–H groups in total. The van der Waals surface area contributed by atoms with Gasteiger partial charge in [-0.2, -0.15) is 0 Å². The van der Waals surface area contributed by atoms with E-state index in [1.807, 2.05) is 54.6 Å². The Morgan fingerprint density at radius 2 is 1.57 bits per heavy atom. The molecule has 1 amide bonds. The van der Waals surface area contributed by atoms with Crippen molar-refractivity contribution in [2.45, 2.75) is 26.4 Å². The lowest BCUT2D eigenvalue weighted by molar-refractivity contribution is -0.119. The summed E-state index contributed by atoms with van der Waals surface area (Å²) in [7, 11) is -3.67. The van der Waals surface area contributed by atoms with Crippen molar-refractivity contribution >= 4 is 21.6 Å². The lowest BCUT2D eigenvalue weighted by Crippen LogP contribution is -2.41. The number of benzene rings is 3. The van der Waals surface area contributed by atoms with Crippen LogP contribution >= 0.6 is 0 Å². The lowest BCUT2D eigenvalue weighted by Gasteiger charge is -2.22. The second-order valence-electron chi connectivity index (χ2n) is 8.43. The summed E-state index contributed by atoms with van der Waals surface area (Å²) in [6.07, 6.45) is 1.08. The zero-order valence-corrected chi connectivity index (χ0v) is 21.1. The van der Waals surface area contributed by atoms with Crippen LogP contribution in [0.25, 0.3) is 0 Å². The van der Waals surface area contributed by atoms with E-state index < -0.39 is 15.9 Å². The van der Waals surface area contributed by atoms with Gasteiger partial charge in [0.05, 0.1) is 18.5 Å². The molecule has 0 unspecified atom stereocenters. The van der Waals surface area contributed by atoms with Crippen LogP contribution in [0, 0.1) is 0 Å². The summed E-state index contributed by atoms with van der Waals surface area (Å²) in [4.78, 5) is 12.5. The number of nitrogens with one attached hydrogen (secondary N) is 1. The summed E-state index contributed by atoms with van der Waals surface area (Å²) in [6.45, 7) is 4.79. The van der Waals surface area contributed by atoms with E-state index in [0.717, 1.165) is 27.4 Å². The number of ether oxygens (including phenoxy) is 2. The summed E-state index contributed by atoms with van der Waals surface area (Å²) in [5, 5.41) is 2.73. The first kappa shape index (κ1) is 26.1. The molecule has 3 aromatic carbocycles. The van der Waals surface area contributed by atoms with Crippen LogP contribution in [0.3, 0.4) is 0 Å². The van der Waals surface area contributed by atoms with E-state index in [0.29, 0.717) is 24.0 Å². The van der Waals surface area contributed by atoms with Gasteiger partial charge >= 0.3 is 0 Å². The summed E-state index contributed by atoms with van der Waals surface area (Å²) in [6, 6.07) is 24.2. The van der Waals surface area contributed by atoms with E-state index in [2.05, 4.69) is 19.2 Å². The fraction of sp³-hybridized carbons (Fsp3) is 0.296. The standard InChI is InChI=1S/C27H32N2O5S/c1-21(2)25-11-7-8-12-26(25)33-18-17-28-27(30)19-29(35(3,31)32)23-13-15-24(16-14-23)34-20-22-9-5-4-6-10-22/h4-16,21H,17-20H2,1-3H3,(H,28,30). The normalized spacial score (nSPS) is 11.2. The number of carbonyl (C=O) groups excluding carboxylic acids is 1. The maximum absolute atomic E-state index is 12.5. The van der Waals surface area contributed by atoms with Gasteiger partial charge in [-0.15, -0.1) is 0 Å². The first-order valence-electron chi connectivity index (χ1n) is 11.5. The number of para-hydroxylation sites is 1. The van der Waals surface area contributed by atoms with Crippen molar-refractivity contribution in [3.05, 3.63) is 90.0 Å². The molecule has 0 radical (unpaired) electrons. The van der Waals surface area contributed by atoms with E-state index in [4.69, 9.17) is 9.47 Å². The minimum absolute atomic E-state index is 0.259. The monoisotopic (exact) mass is 496 g/mol. The number of anilines is 1. The Morgan fingerprint density at radius 3 is 2.23 bits per heavy atom. The van der Waals surface area contributed by atoms with Gasteiger partial charge in [0.1, 0.15) is 31.3 Å². The van der Waals surface area contributed by atoms with Crippen molar-refractivity contribution in [1.29, 1.82) is 0 Å². The Kier molecular flexibility index (Phi) is 9.14. The van der Waals surface area contributed by atoms with Gasteiger partial charge in [-0.3, -0.25) is 9.10 Å². The fourth-order valence-corrected chi connectivity index (χ4v) is 4.33. The predicted molar refractivity (Wildman–Crippen MR) is 138 cm³/mol. The molecule has 0 heterocycles. The molecule has 0 aliphatic heterocycles. The van der Waals surface area contributed by atoms with Gasteiger partial charge < -0.3 is 14.8 Å². The number of sulfonamides is 1. The molecule has 0 bridgehead atoms. The molecule has 0 saturated carbocycles. The average molecular weight is 497 g/mol. The van der Waals surface area contributed by atoms with Crippen LogP contribution < -0.4 is 19.1 Å². The number of nitrogens with zero attached hydrogens (tertiary/aromatic N) is 1. The van der Waals surface area contributed by atoms with Crippen molar-refractivity contribution < 1.29 is 22.7 Å². The minimum atomic E-state index is -3.67. The number of amides is 1. The smallest absolute Gasteiger partial charge is 0.240 e. The topological polar surface area (TPSA) is 84.9 Å². The SMILES string of the molecule is CC(C)c1ccccc1OCCNC(=O)CN(c1ccc(OCc2ccccc2)cc1)S(C)(=O)=O. The Hall–Kier alpha value is -3.52. The van der Waals surface area contributed by atoms with Gasteiger partial charge in [0.15, 0.2) is 0 Å². The van der Waals surface area contributed by atoms with E-state index in [9.17, 15) is 13.2 Å². The summed E-state index contributed by atoms with van der Waals surface area (Å²) < 4.78 is 37.4. The fourth-order valence-electron chi connectivity index (χ4n) is 3.48. The van der Waals surface area contributed by atoms with E-state index in [1.165, 1.54) is 0 Å². The lowest BCUT2D eigenvalue weighted by atomic mass is 10.0. The van der Waals surface area contributed by atoms with Gasteiger partial charge in [0.2, 0.25) is 15.9 Å². The third-order valence-electron chi connectivity index (χ3n) is 5.28. The van der Waals surface area contributed by atoms with Gasteiger partial charge in [0.25, 0.3) is 0 Å². The maximum atomic E-state index is 12.5. The third-order valence-corrected chi connectivity index (χ3v) is 6.42. The minimum Gasteiger partial charge on any atom is -0.491 e. The molecular formula is C27H32N2O5S. The van der Waals surface area contributed by atoms with Gasteiger partial charge in [0, 0.05) is 0 Å². The highest BCUT2D eigenvalue weighted by Gasteiger charge is 2.21. The quantitative estimate of drug-likeness (QED) is 0.377. The molecule has 3 rings (SSSR count). The van der Waals surface area contributed by atoms with Gasteiger partial charge in [-0.1, -0.05) is 62.4 Å². The van der Waals surface area contributed by atoms with Crippen LogP contribution in [0.5, 0.6) is 11.5 Å². The average Bonchev–Trinajstić information content (AvgIpc) is 2.84. The molecule has 186 valence electrons. The molecule has 0 saturated heterocycles. The number of rotatable bonds is 12. The molecule has 0 aliphatic rings. The summed E-state index contributed by atoms with van der Waals surface area (Å²) in [5.41, 5.74) is 2.51.